The largest absolute Gasteiger partial charge is 0.490 e. The van der Waals surface area contributed by atoms with Gasteiger partial charge >= 0.3 is 0 Å². The zero-order valence-electron chi connectivity index (χ0n) is 12.6. The summed E-state index contributed by atoms with van der Waals surface area (Å²) in [6.07, 6.45) is 8.43. The first-order chi connectivity index (χ1) is 9.86. The first kappa shape index (κ1) is 13.9. The number of hydrogen-bond donors (Lipinski definition) is 1. The molecule has 1 aromatic rings. The molecule has 1 fully saturated rings. The second kappa shape index (κ2) is 6.62. The van der Waals surface area contributed by atoms with Gasteiger partial charge in [-0.25, -0.2) is 0 Å². The number of fused-ring (bicyclic) bond motifs is 1. The molecule has 1 N–H and O–H groups in total. The Morgan fingerprint density at radius 1 is 1.25 bits per heavy atom. The molecule has 0 spiro atoms. The molecule has 1 aliphatic carbocycles. The van der Waals surface area contributed by atoms with E-state index in [9.17, 15) is 0 Å². The Labute approximate surface area is 122 Å². The molecule has 1 aliphatic heterocycles. The van der Waals surface area contributed by atoms with Gasteiger partial charge in [-0.1, -0.05) is 50.8 Å². The molecule has 0 bridgehead atoms. The van der Waals surface area contributed by atoms with Crippen LogP contribution in [-0.4, -0.2) is 19.2 Å². The molecular weight excluding hydrogens is 246 g/mol. The van der Waals surface area contributed by atoms with Gasteiger partial charge in [0.15, 0.2) is 0 Å². The zero-order chi connectivity index (χ0) is 13.8. The molecule has 2 heteroatoms. The van der Waals surface area contributed by atoms with Crippen molar-refractivity contribution >= 4 is 0 Å². The van der Waals surface area contributed by atoms with E-state index in [1.807, 2.05) is 0 Å². The highest BCUT2D eigenvalue weighted by atomic mass is 16.5. The molecule has 2 unspecified atom stereocenters. The van der Waals surface area contributed by atoms with Crippen molar-refractivity contribution in [1.29, 1.82) is 0 Å². The predicted molar refractivity (Wildman–Crippen MR) is 83.2 cm³/mol. The maximum Gasteiger partial charge on any atom is 0.123 e. The highest BCUT2D eigenvalue weighted by Crippen LogP contribution is 2.37. The van der Waals surface area contributed by atoms with E-state index in [0.717, 1.165) is 37.1 Å². The fourth-order valence-corrected chi connectivity index (χ4v) is 3.92. The van der Waals surface area contributed by atoms with E-state index in [2.05, 4.69) is 36.5 Å². The predicted octanol–water partition coefficient (Wildman–Crippen LogP) is 3.80. The first-order valence-corrected chi connectivity index (χ1v) is 8.32. The summed E-state index contributed by atoms with van der Waals surface area (Å²) in [4.78, 5) is 0. The third kappa shape index (κ3) is 3.17. The Bertz CT molecular complexity index is 400. The quantitative estimate of drug-likeness (QED) is 0.851. The molecule has 110 valence electrons. The lowest BCUT2D eigenvalue weighted by Gasteiger charge is -2.26. The van der Waals surface area contributed by atoms with Gasteiger partial charge in [-0.3, -0.25) is 0 Å². The minimum absolute atomic E-state index is 0.400. The van der Waals surface area contributed by atoms with Crippen LogP contribution in [-0.2, 0) is 6.42 Å². The molecule has 2 aliphatic rings. The van der Waals surface area contributed by atoms with Crippen molar-refractivity contribution in [2.75, 3.05) is 13.1 Å². The normalized spacial score (nSPS) is 23.6. The summed E-state index contributed by atoms with van der Waals surface area (Å²) in [6, 6.07) is 8.53. The monoisotopic (exact) mass is 273 g/mol. The Morgan fingerprint density at radius 3 is 2.80 bits per heavy atom. The van der Waals surface area contributed by atoms with Crippen molar-refractivity contribution in [1.82, 2.24) is 5.32 Å². The summed E-state index contributed by atoms with van der Waals surface area (Å²) in [7, 11) is 0. The lowest BCUT2D eigenvalue weighted by atomic mass is 9.85. The minimum Gasteiger partial charge on any atom is -0.490 e. The smallest absolute Gasteiger partial charge is 0.123 e. The summed E-state index contributed by atoms with van der Waals surface area (Å²) in [5.41, 5.74) is 1.39. The average Bonchev–Trinajstić information content (AvgIpc) is 3.11. The van der Waals surface area contributed by atoms with E-state index in [-0.39, 0.29) is 0 Å². The third-order valence-corrected chi connectivity index (χ3v) is 5.00. The van der Waals surface area contributed by atoms with E-state index < -0.39 is 0 Å². The van der Waals surface area contributed by atoms with Crippen molar-refractivity contribution in [2.24, 2.45) is 11.8 Å². The number of nitrogens with one attached hydrogen (secondary N) is 1. The maximum absolute atomic E-state index is 6.15. The van der Waals surface area contributed by atoms with Gasteiger partial charge in [-0.2, -0.15) is 0 Å². The van der Waals surface area contributed by atoms with Crippen molar-refractivity contribution in [2.45, 2.75) is 51.6 Å². The Balaban J connectivity index is 1.59. The van der Waals surface area contributed by atoms with Gasteiger partial charge in [0.05, 0.1) is 0 Å². The van der Waals surface area contributed by atoms with Crippen LogP contribution in [0.25, 0.3) is 0 Å². The van der Waals surface area contributed by atoms with Crippen LogP contribution in [0.4, 0.5) is 0 Å². The van der Waals surface area contributed by atoms with Crippen molar-refractivity contribution in [3.8, 4) is 5.75 Å². The zero-order valence-corrected chi connectivity index (χ0v) is 12.6. The molecule has 0 amide bonds. The van der Waals surface area contributed by atoms with Crippen molar-refractivity contribution < 1.29 is 4.74 Å². The molecule has 1 heterocycles. The Morgan fingerprint density at radius 2 is 2.05 bits per heavy atom. The molecule has 2 atom stereocenters. The van der Waals surface area contributed by atoms with Gasteiger partial charge in [0.1, 0.15) is 11.9 Å². The van der Waals surface area contributed by atoms with Crippen LogP contribution in [0.15, 0.2) is 24.3 Å². The van der Waals surface area contributed by atoms with Gasteiger partial charge in [0.25, 0.3) is 0 Å². The lowest BCUT2D eigenvalue weighted by molar-refractivity contribution is 0.165. The molecule has 0 radical (unpaired) electrons. The van der Waals surface area contributed by atoms with Crippen molar-refractivity contribution in [3.05, 3.63) is 29.8 Å². The van der Waals surface area contributed by atoms with Crippen LogP contribution in [0.2, 0.25) is 0 Å². The van der Waals surface area contributed by atoms with E-state index in [0.29, 0.717) is 6.10 Å². The van der Waals surface area contributed by atoms with Crippen LogP contribution in [0.3, 0.4) is 0 Å². The molecule has 3 rings (SSSR count). The number of hydrogen-bond acceptors (Lipinski definition) is 2. The van der Waals surface area contributed by atoms with E-state index in [4.69, 9.17) is 4.74 Å². The molecular formula is C18H27NO. The van der Waals surface area contributed by atoms with Gasteiger partial charge in [0.2, 0.25) is 0 Å². The number of rotatable bonds is 6. The number of para-hydroxylation sites is 1. The molecule has 2 nitrogen and oxygen atoms in total. The standard InChI is InChI=1S/C18H27NO/c1-2-19-13-16(14-7-3-4-8-14)12-17-11-15-9-5-6-10-18(15)20-17/h5-6,9-10,14,16-17,19H,2-4,7-8,11-13H2,1H3. The van der Waals surface area contributed by atoms with Gasteiger partial charge < -0.3 is 10.1 Å². The highest BCUT2D eigenvalue weighted by molar-refractivity contribution is 5.37. The summed E-state index contributed by atoms with van der Waals surface area (Å²) >= 11 is 0. The van der Waals surface area contributed by atoms with Crippen LogP contribution >= 0.6 is 0 Å². The lowest BCUT2D eigenvalue weighted by Crippen LogP contribution is -2.31. The summed E-state index contributed by atoms with van der Waals surface area (Å²) in [5.74, 6) is 2.82. The fraction of sp³-hybridized carbons (Fsp3) is 0.667. The fourth-order valence-electron chi connectivity index (χ4n) is 3.92. The summed E-state index contributed by atoms with van der Waals surface area (Å²) < 4.78 is 6.15. The van der Waals surface area contributed by atoms with Gasteiger partial charge in [-0.15, -0.1) is 0 Å². The molecule has 0 saturated heterocycles. The van der Waals surface area contributed by atoms with E-state index in [1.54, 1.807) is 0 Å². The first-order valence-electron chi connectivity index (χ1n) is 8.32. The van der Waals surface area contributed by atoms with Crippen LogP contribution in [0, 0.1) is 11.8 Å². The van der Waals surface area contributed by atoms with Crippen LogP contribution < -0.4 is 10.1 Å². The second-order valence-corrected chi connectivity index (χ2v) is 6.40. The topological polar surface area (TPSA) is 21.3 Å². The van der Waals surface area contributed by atoms with Crippen molar-refractivity contribution in [3.63, 3.8) is 0 Å². The Kier molecular flexibility index (Phi) is 4.62. The van der Waals surface area contributed by atoms with Gasteiger partial charge in [-0.05, 0) is 43.0 Å². The number of benzene rings is 1. The summed E-state index contributed by atoms with van der Waals surface area (Å²) in [5, 5.41) is 3.56. The summed E-state index contributed by atoms with van der Waals surface area (Å²) in [6.45, 7) is 4.44. The maximum atomic E-state index is 6.15. The van der Waals surface area contributed by atoms with Crippen LogP contribution in [0.5, 0.6) is 5.75 Å². The van der Waals surface area contributed by atoms with E-state index >= 15 is 0 Å². The highest BCUT2D eigenvalue weighted by Gasteiger charge is 2.30. The van der Waals surface area contributed by atoms with Crippen LogP contribution in [0.1, 0.15) is 44.6 Å². The van der Waals surface area contributed by atoms with Gasteiger partial charge in [0, 0.05) is 6.42 Å². The Hall–Kier alpha value is -1.02. The molecule has 1 aromatic carbocycles. The third-order valence-electron chi connectivity index (χ3n) is 5.00. The molecule has 0 aromatic heterocycles. The minimum atomic E-state index is 0.400. The number of ether oxygens (including phenoxy) is 1. The SMILES string of the molecule is CCNCC(CC1Cc2ccccc2O1)C1CCCC1. The molecule has 20 heavy (non-hydrogen) atoms. The second-order valence-electron chi connectivity index (χ2n) is 6.40. The van der Waals surface area contributed by atoms with E-state index in [1.165, 1.54) is 37.7 Å². The molecule has 1 saturated carbocycles. The average molecular weight is 273 g/mol.